The smallest absolute Gasteiger partial charge is 0.328 e. The molecule has 7 heteroatoms. The number of carbonyl (C=O) groups excluding carboxylic acids is 2. The molecule has 0 radical (unpaired) electrons. The highest BCUT2D eigenvalue weighted by atomic mass is 32.2. The lowest BCUT2D eigenvalue weighted by molar-refractivity contribution is -0.142. The van der Waals surface area contributed by atoms with Gasteiger partial charge in [-0.25, -0.2) is 8.42 Å². The van der Waals surface area contributed by atoms with Crippen LogP contribution < -0.4 is 0 Å². The van der Waals surface area contributed by atoms with Crippen molar-refractivity contribution in [1.82, 2.24) is 0 Å². The van der Waals surface area contributed by atoms with Crippen molar-refractivity contribution in [2.75, 3.05) is 19.5 Å². The van der Waals surface area contributed by atoms with Crippen LogP contribution in [0.1, 0.15) is 17.7 Å². The number of carbonyl (C=O) groups is 2. The molecule has 0 heterocycles. The van der Waals surface area contributed by atoms with Gasteiger partial charge in [0.25, 0.3) is 0 Å². The summed E-state index contributed by atoms with van der Waals surface area (Å²) in [5, 5.41) is -1.53. The van der Waals surface area contributed by atoms with Gasteiger partial charge in [-0.2, -0.15) is 0 Å². The van der Waals surface area contributed by atoms with Crippen LogP contribution in [0.15, 0.2) is 30.3 Å². The normalized spacial score (nSPS) is 12.5. The van der Waals surface area contributed by atoms with Crippen LogP contribution in [0.2, 0.25) is 0 Å². The van der Waals surface area contributed by atoms with E-state index < -0.39 is 32.8 Å². The van der Waals surface area contributed by atoms with E-state index in [4.69, 9.17) is 4.74 Å². The molecule has 1 rings (SSSR count). The number of methoxy groups -OCH3 is 1. The monoisotopic (exact) mass is 300 g/mol. The van der Waals surface area contributed by atoms with Gasteiger partial charge in [0.2, 0.25) is 0 Å². The average Bonchev–Trinajstić information content (AvgIpc) is 2.39. The SMILES string of the molecule is CCOC(=O)C(c1ccccc1)S(=O)(=O)CC(=O)OC. The molecule has 6 nitrogen and oxygen atoms in total. The standard InChI is InChI=1S/C13H16O6S/c1-3-19-13(15)12(10-7-5-4-6-8-10)20(16,17)9-11(14)18-2/h4-8,12H,3,9H2,1-2H3. The Labute approximate surface area is 117 Å². The lowest BCUT2D eigenvalue weighted by Gasteiger charge is -2.16. The van der Waals surface area contributed by atoms with Crippen molar-refractivity contribution in [3.63, 3.8) is 0 Å². The fourth-order valence-corrected chi connectivity index (χ4v) is 3.19. The molecular formula is C13H16O6S. The van der Waals surface area contributed by atoms with E-state index in [1.807, 2.05) is 0 Å². The molecule has 0 saturated heterocycles. The van der Waals surface area contributed by atoms with E-state index in [1.54, 1.807) is 25.1 Å². The van der Waals surface area contributed by atoms with Gasteiger partial charge in [0.1, 0.15) is 5.75 Å². The molecule has 1 atom stereocenters. The molecule has 1 unspecified atom stereocenters. The maximum Gasteiger partial charge on any atom is 0.328 e. The van der Waals surface area contributed by atoms with Gasteiger partial charge in [0, 0.05) is 0 Å². The Morgan fingerprint density at radius 3 is 2.30 bits per heavy atom. The molecule has 0 aliphatic heterocycles. The van der Waals surface area contributed by atoms with E-state index in [2.05, 4.69) is 4.74 Å². The van der Waals surface area contributed by atoms with E-state index >= 15 is 0 Å². The van der Waals surface area contributed by atoms with Crippen LogP contribution >= 0.6 is 0 Å². The summed E-state index contributed by atoms with van der Waals surface area (Å²) in [5.41, 5.74) is 0.259. The van der Waals surface area contributed by atoms with Crippen molar-refractivity contribution in [2.45, 2.75) is 12.2 Å². The van der Waals surface area contributed by atoms with Gasteiger partial charge in [0.15, 0.2) is 15.1 Å². The minimum atomic E-state index is -4.06. The van der Waals surface area contributed by atoms with E-state index in [9.17, 15) is 18.0 Å². The summed E-state index contributed by atoms with van der Waals surface area (Å²) in [6.45, 7) is 1.63. The Hall–Kier alpha value is -1.89. The zero-order valence-corrected chi connectivity index (χ0v) is 12.1. The van der Waals surface area contributed by atoms with E-state index in [-0.39, 0.29) is 12.2 Å². The first-order chi connectivity index (χ1) is 9.42. The summed E-state index contributed by atoms with van der Waals surface area (Å²) in [6, 6.07) is 7.90. The number of rotatable bonds is 6. The Balaban J connectivity index is 3.18. The topological polar surface area (TPSA) is 86.7 Å². The van der Waals surface area contributed by atoms with Crippen LogP contribution in [0.25, 0.3) is 0 Å². The molecular weight excluding hydrogens is 284 g/mol. The van der Waals surface area contributed by atoms with Crippen molar-refractivity contribution >= 4 is 21.8 Å². The van der Waals surface area contributed by atoms with Gasteiger partial charge in [-0.15, -0.1) is 0 Å². The van der Waals surface area contributed by atoms with Crippen molar-refractivity contribution in [3.8, 4) is 0 Å². The van der Waals surface area contributed by atoms with Crippen molar-refractivity contribution in [3.05, 3.63) is 35.9 Å². The molecule has 0 N–H and O–H groups in total. The van der Waals surface area contributed by atoms with Gasteiger partial charge >= 0.3 is 11.9 Å². The Morgan fingerprint density at radius 1 is 1.20 bits per heavy atom. The van der Waals surface area contributed by atoms with Crippen LogP contribution in [0.4, 0.5) is 0 Å². The molecule has 1 aromatic rings. The molecule has 20 heavy (non-hydrogen) atoms. The lowest BCUT2D eigenvalue weighted by Crippen LogP contribution is -2.29. The van der Waals surface area contributed by atoms with Gasteiger partial charge in [0.05, 0.1) is 13.7 Å². The number of hydrogen-bond acceptors (Lipinski definition) is 6. The van der Waals surface area contributed by atoms with E-state index in [1.165, 1.54) is 12.1 Å². The molecule has 0 spiro atoms. The molecule has 0 aliphatic rings. The average molecular weight is 300 g/mol. The molecule has 1 aromatic carbocycles. The van der Waals surface area contributed by atoms with Gasteiger partial charge < -0.3 is 9.47 Å². The molecule has 0 fully saturated rings. The number of benzene rings is 1. The highest BCUT2D eigenvalue weighted by molar-refractivity contribution is 7.93. The van der Waals surface area contributed by atoms with Crippen LogP contribution in [-0.4, -0.2) is 39.8 Å². The molecule has 110 valence electrons. The maximum absolute atomic E-state index is 12.2. The predicted molar refractivity (Wildman–Crippen MR) is 71.6 cm³/mol. The predicted octanol–water partition coefficient (Wildman–Crippen LogP) is 0.879. The van der Waals surface area contributed by atoms with Crippen LogP contribution in [0, 0.1) is 0 Å². The Bertz CT molecular complexity index is 564. The minimum Gasteiger partial charge on any atom is -0.468 e. The minimum absolute atomic E-state index is 0.0515. The van der Waals surface area contributed by atoms with Crippen molar-refractivity contribution in [2.24, 2.45) is 0 Å². The fourth-order valence-electron chi connectivity index (χ4n) is 1.64. The van der Waals surface area contributed by atoms with Gasteiger partial charge in [-0.3, -0.25) is 9.59 Å². The van der Waals surface area contributed by atoms with Crippen LogP contribution in [0.5, 0.6) is 0 Å². The number of esters is 2. The first-order valence-electron chi connectivity index (χ1n) is 5.92. The fraction of sp³-hybridized carbons (Fsp3) is 0.385. The summed E-state index contributed by atoms with van der Waals surface area (Å²) >= 11 is 0. The number of hydrogen-bond donors (Lipinski definition) is 0. The number of ether oxygens (including phenoxy) is 2. The quantitative estimate of drug-likeness (QED) is 0.725. The molecule has 0 amide bonds. The number of sulfone groups is 1. The van der Waals surface area contributed by atoms with Crippen molar-refractivity contribution < 1.29 is 27.5 Å². The first-order valence-corrected chi connectivity index (χ1v) is 7.64. The molecule has 0 bridgehead atoms. The molecule has 0 aliphatic carbocycles. The third kappa shape index (κ3) is 4.06. The highest BCUT2D eigenvalue weighted by Gasteiger charge is 2.37. The second kappa shape index (κ2) is 7.04. The zero-order valence-electron chi connectivity index (χ0n) is 11.2. The van der Waals surface area contributed by atoms with Crippen LogP contribution in [-0.2, 0) is 28.9 Å². The summed E-state index contributed by atoms with van der Waals surface area (Å²) in [4.78, 5) is 23.1. The second-order valence-electron chi connectivity index (χ2n) is 3.93. The summed E-state index contributed by atoms with van der Waals surface area (Å²) in [5.74, 6) is -2.69. The highest BCUT2D eigenvalue weighted by Crippen LogP contribution is 2.25. The van der Waals surface area contributed by atoms with E-state index in [0.29, 0.717) is 0 Å². The Morgan fingerprint density at radius 2 is 1.80 bits per heavy atom. The van der Waals surface area contributed by atoms with E-state index in [0.717, 1.165) is 7.11 Å². The largest absolute Gasteiger partial charge is 0.468 e. The van der Waals surface area contributed by atoms with Crippen LogP contribution in [0.3, 0.4) is 0 Å². The third-order valence-electron chi connectivity index (χ3n) is 2.51. The van der Waals surface area contributed by atoms with Gasteiger partial charge in [-0.05, 0) is 12.5 Å². The summed E-state index contributed by atoms with van der Waals surface area (Å²) in [7, 11) is -2.97. The Kier molecular flexibility index (Phi) is 5.69. The summed E-state index contributed by atoms with van der Waals surface area (Å²) in [6.07, 6.45) is 0. The second-order valence-corrected chi connectivity index (χ2v) is 6.01. The summed E-state index contributed by atoms with van der Waals surface area (Å²) < 4.78 is 33.6. The van der Waals surface area contributed by atoms with Crippen molar-refractivity contribution in [1.29, 1.82) is 0 Å². The molecule has 0 saturated carbocycles. The van der Waals surface area contributed by atoms with Gasteiger partial charge in [-0.1, -0.05) is 30.3 Å². The lowest BCUT2D eigenvalue weighted by atomic mass is 10.1. The zero-order chi connectivity index (χ0) is 15.2. The first kappa shape index (κ1) is 16.2. The third-order valence-corrected chi connectivity index (χ3v) is 4.33. The molecule has 0 aromatic heterocycles. The maximum atomic E-state index is 12.2.